The fourth-order valence-electron chi connectivity index (χ4n) is 5.41. The van der Waals surface area contributed by atoms with E-state index < -0.39 is 19.6 Å². The molecule has 2 saturated carbocycles. The van der Waals surface area contributed by atoms with Gasteiger partial charge in [0.25, 0.3) is 0 Å². The van der Waals surface area contributed by atoms with E-state index in [9.17, 15) is 24.8 Å². The Morgan fingerprint density at radius 1 is 1.14 bits per heavy atom. The Bertz CT molecular complexity index is 553. The minimum atomic E-state index is -2.90. The molecule has 2 fully saturated rings. The molecule has 170 valence electrons. The maximum atomic E-state index is 11.3. The van der Waals surface area contributed by atoms with Gasteiger partial charge in [0.1, 0.15) is 0 Å². The zero-order valence-corrected chi connectivity index (χ0v) is 19.3. The van der Waals surface area contributed by atoms with Gasteiger partial charge in [-0.2, -0.15) is 0 Å². The molecule has 2 rings (SSSR count). The molecule has 0 amide bonds. The summed E-state index contributed by atoms with van der Waals surface area (Å²) >= 11 is 0. The van der Waals surface area contributed by atoms with Gasteiger partial charge in [0, 0.05) is 25.2 Å². The smallest absolute Gasteiger partial charge is 0.197 e. The molecule has 0 aromatic heterocycles. The summed E-state index contributed by atoms with van der Waals surface area (Å²) in [4.78, 5) is 9.34. The molecule has 0 bridgehead atoms. The first-order chi connectivity index (χ1) is 13.7. The van der Waals surface area contributed by atoms with Gasteiger partial charge < -0.3 is 20.2 Å². The van der Waals surface area contributed by atoms with Crippen LogP contribution in [-0.4, -0.2) is 51.4 Å². The second kappa shape index (κ2) is 11.4. The summed E-state index contributed by atoms with van der Waals surface area (Å²) in [5.74, 6) is 0.0100. The normalized spacial score (nSPS) is 32.2. The molecule has 0 aromatic carbocycles. The largest absolute Gasteiger partial charge is 0.393 e. The number of hydrogen-bond acceptors (Lipinski definition) is 4. The topological polar surface area (TPSA) is 98.0 Å². The van der Waals surface area contributed by atoms with Crippen molar-refractivity contribution in [2.24, 2.45) is 17.3 Å². The van der Waals surface area contributed by atoms with Crippen molar-refractivity contribution in [3.63, 3.8) is 0 Å². The summed E-state index contributed by atoms with van der Waals surface area (Å²) < 4.78 is 11.3. The summed E-state index contributed by atoms with van der Waals surface area (Å²) in [6, 6.07) is 0. The first kappa shape index (κ1) is 25.1. The van der Waals surface area contributed by atoms with Gasteiger partial charge in [-0.15, -0.1) is 0 Å². The Morgan fingerprint density at radius 2 is 1.83 bits per heavy atom. The molecular weight excluding hydrogens is 387 g/mol. The standard InChI is InChI=1S/C23H43O5P/c1-3-13-23(14-9-15-23)22(26)12-8-11-19-18(20(24)17-21(19)25)10-6-4-5-7-16-29(2,27)28/h8,11,18-22,24-26H,3-7,9-10,12-17H2,1-2H3,(H,27,28)/b11-8+/t18-,19-,20?,21-,22?/m1/s1. The summed E-state index contributed by atoms with van der Waals surface area (Å²) in [7, 11) is -2.90. The van der Waals surface area contributed by atoms with E-state index in [0.717, 1.165) is 57.8 Å². The molecule has 4 N–H and O–H groups in total. The van der Waals surface area contributed by atoms with Crippen molar-refractivity contribution in [1.29, 1.82) is 0 Å². The number of aliphatic hydroxyl groups excluding tert-OH is 3. The van der Waals surface area contributed by atoms with Crippen molar-refractivity contribution in [2.75, 3.05) is 12.8 Å². The fraction of sp³-hybridized carbons (Fsp3) is 0.913. The minimum absolute atomic E-state index is 0.0472. The molecule has 2 aliphatic rings. The van der Waals surface area contributed by atoms with Gasteiger partial charge in [-0.1, -0.05) is 51.2 Å². The van der Waals surface area contributed by atoms with Gasteiger partial charge in [0.15, 0.2) is 7.37 Å². The average Bonchev–Trinajstić information content (AvgIpc) is 2.86. The fourth-order valence-corrected chi connectivity index (χ4v) is 6.22. The maximum absolute atomic E-state index is 11.3. The van der Waals surface area contributed by atoms with Crippen LogP contribution in [-0.2, 0) is 4.57 Å². The molecule has 29 heavy (non-hydrogen) atoms. The van der Waals surface area contributed by atoms with Gasteiger partial charge >= 0.3 is 0 Å². The Labute approximate surface area is 177 Å². The maximum Gasteiger partial charge on any atom is 0.197 e. The molecule has 0 spiro atoms. The Balaban J connectivity index is 1.78. The predicted molar refractivity (Wildman–Crippen MR) is 118 cm³/mol. The van der Waals surface area contributed by atoms with Crippen LogP contribution in [0.5, 0.6) is 0 Å². The lowest BCUT2D eigenvalue weighted by atomic mass is 9.62. The number of aliphatic hydroxyl groups is 3. The highest BCUT2D eigenvalue weighted by Crippen LogP contribution is 2.48. The molecule has 6 atom stereocenters. The molecule has 6 heteroatoms. The third-order valence-electron chi connectivity index (χ3n) is 7.30. The summed E-state index contributed by atoms with van der Waals surface area (Å²) in [6.07, 6.45) is 14.3. The predicted octanol–water partition coefficient (Wildman–Crippen LogP) is 4.47. The second-order valence-corrected chi connectivity index (χ2v) is 12.3. The van der Waals surface area contributed by atoms with Crippen LogP contribution in [0.15, 0.2) is 12.2 Å². The zero-order valence-electron chi connectivity index (χ0n) is 18.4. The van der Waals surface area contributed by atoms with Gasteiger partial charge in [-0.25, -0.2) is 0 Å². The summed E-state index contributed by atoms with van der Waals surface area (Å²) in [6.45, 7) is 3.58. The van der Waals surface area contributed by atoms with Gasteiger partial charge in [-0.05, 0) is 49.9 Å². The molecular formula is C23H43O5P. The van der Waals surface area contributed by atoms with Gasteiger partial charge in [0.05, 0.1) is 18.3 Å². The SMILES string of the molecule is CCCC1(C(O)C/C=C/[C@H]2[C@H](O)CC(O)[C@@H]2CCCCCCP(C)(=O)O)CCC1. The summed E-state index contributed by atoms with van der Waals surface area (Å²) in [5, 5.41) is 31.5. The van der Waals surface area contributed by atoms with Crippen LogP contribution in [0.3, 0.4) is 0 Å². The molecule has 0 saturated heterocycles. The van der Waals surface area contributed by atoms with Crippen molar-refractivity contribution in [3.8, 4) is 0 Å². The Kier molecular flexibility index (Phi) is 9.89. The quantitative estimate of drug-likeness (QED) is 0.196. The highest BCUT2D eigenvalue weighted by Gasteiger charge is 2.42. The van der Waals surface area contributed by atoms with Crippen LogP contribution in [0.1, 0.15) is 84.0 Å². The van der Waals surface area contributed by atoms with Gasteiger partial charge in [0.2, 0.25) is 0 Å². The Morgan fingerprint density at radius 3 is 2.41 bits per heavy atom. The van der Waals surface area contributed by atoms with E-state index in [1.54, 1.807) is 0 Å². The third kappa shape index (κ3) is 7.47. The Hall–Kier alpha value is -0.190. The van der Waals surface area contributed by atoms with Crippen molar-refractivity contribution in [1.82, 2.24) is 0 Å². The first-order valence-corrected chi connectivity index (χ1v) is 14.0. The molecule has 2 aliphatic carbocycles. The summed E-state index contributed by atoms with van der Waals surface area (Å²) in [5.41, 5.74) is 0.101. The second-order valence-electron chi connectivity index (χ2n) is 9.73. The molecule has 0 heterocycles. The van der Waals surface area contributed by atoms with Crippen LogP contribution < -0.4 is 0 Å². The van der Waals surface area contributed by atoms with Crippen molar-refractivity contribution < 1.29 is 24.8 Å². The molecule has 0 aromatic rings. The van der Waals surface area contributed by atoms with E-state index in [4.69, 9.17) is 0 Å². The lowest BCUT2D eigenvalue weighted by Gasteiger charge is -2.45. The van der Waals surface area contributed by atoms with E-state index in [1.165, 1.54) is 13.1 Å². The average molecular weight is 431 g/mol. The van der Waals surface area contributed by atoms with Crippen LogP contribution in [0.25, 0.3) is 0 Å². The highest BCUT2D eigenvalue weighted by molar-refractivity contribution is 7.57. The molecule has 3 unspecified atom stereocenters. The van der Waals surface area contributed by atoms with Crippen LogP contribution in [0.4, 0.5) is 0 Å². The number of rotatable bonds is 13. The first-order valence-electron chi connectivity index (χ1n) is 11.7. The van der Waals surface area contributed by atoms with Crippen LogP contribution >= 0.6 is 7.37 Å². The van der Waals surface area contributed by atoms with E-state index in [0.29, 0.717) is 19.0 Å². The van der Waals surface area contributed by atoms with E-state index in [1.807, 2.05) is 12.2 Å². The minimum Gasteiger partial charge on any atom is -0.393 e. The highest BCUT2D eigenvalue weighted by atomic mass is 31.2. The van der Waals surface area contributed by atoms with Crippen molar-refractivity contribution in [3.05, 3.63) is 12.2 Å². The monoisotopic (exact) mass is 430 g/mol. The number of hydrogen-bond donors (Lipinski definition) is 4. The van der Waals surface area contributed by atoms with E-state index >= 15 is 0 Å². The van der Waals surface area contributed by atoms with E-state index in [2.05, 4.69) is 6.92 Å². The van der Waals surface area contributed by atoms with Gasteiger partial charge in [-0.3, -0.25) is 4.57 Å². The van der Waals surface area contributed by atoms with Crippen molar-refractivity contribution >= 4 is 7.37 Å². The number of unbranched alkanes of at least 4 members (excludes halogenated alkanes) is 3. The van der Waals surface area contributed by atoms with Crippen LogP contribution in [0, 0.1) is 17.3 Å². The zero-order chi connectivity index (χ0) is 21.5. The third-order valence-corrected chi connectivity index (χ3v) is 8.44. The molecule has 5 nitrogen and oxygen atoms in total. The van der Waals surface area contributed by atoms with Crippen molar-refractivity contribution in [2.45, 2.75) is 102 Å². The lowest BCUT2D eigenvalue weighted by molar-refractivity contribution is -0.0396. The molecule has 0 aliphatic heterocycles. The van der Waals surface area contributed by atoms with E-state index in [-0.39, 0.29) is 23.4 Å². The lowest BCUT2D eigenvalue weighted by Crippen LogP contribution is -2.41. The van der Waals surface area contributed by atoms with Crippen LogP contribution in [0.2, 0.25) is 0 Å². The molecule has 0 radical (unpaired) electrons.